The van der Waals surface area contributed by atoms with E-state index in [1.54, 1.807) is 36.7 Å². The number of hydrogen-bond donors (Lipinski definition) is 3. The average Bonchev–Trinajstić information content (AvgIpc) is 2.84. The van der Waals surface area contributed by atoms with Gasteiger partial charge in [0.1, 0.15) is 0 Å². The van der Waals surface area contributed by atoms with Crippen LogP contribution in [0.5, 0.6) is 0 Å². The molecule has 0 fully saturated rings. The van der Waals surface area contributed by atoms with Gasteiger partial charge in [-0.15, -0.1) is 11.3 Å². The SMILES string of the molecule is CNC(=O)c1ccc(NC(=O)Cc2csc(N)n2)cc1. The van der Waals surface area contributed by atoms with Crippen LogP contribution in [0, 0.1) is 0 Å². The standard InChI is InChI=1S/C13H14N4O2S/c1-15-12(19)8-2-4-9(5-3-8)16-11(18)6-10-7-20-13(14)17-10/h2-5,7H,6H2,1H3,(H2,14,17)(H,15,19)(H,16,18). The Morgan fingerprint density at radius 2 is 2.00 bits per heavy atom. The highest BCUT2D eigenvalue weighted by Crippen LogP contribution is 2.13. The molecular weight excluding hydrogens is 276 g/mol. The van der Waals surface area contributed by atoms with Crippen LogP contribution < -0.4 is 16.4 Å². The van der Waals surface area contributed by atoms with Gasteiger partial charge in [-0.25, -0.2) is 4.98 Å². The summed E-state index contributed by atoms with van der Waals surface area (Å²) < 4.78 is 0. The van der Waals surface area contributed by atoms with E-state index in [4.69, 9.17) is 5.73 Å². The second-order valence-corrected chi connectivity index (χ2v) is 4.95. The van der Waals surface area contributed by atoms with Crippen LogP contribution in [-0.4, -0.2) is 23.8 Å². The van der Waals surface area contributed by atoms with Gasteiger partial charge in [0.25, 0.3) is 5.91 Å². The molecule has 2 aromatic rings. The molecule has 104 valence electrons. The van der Waals surface area contributed by atoms with Crippen molar-refractivity contribution in [3.05, 3.63) is 40.9 Å². The third kappa shape index (κ3) is 3.55. The molecule has 20 heavy (non-hydrogen) atoms. The Morgan fingerprint density at radius 1 is 1.30 bits per heavy atom. The molecule has 6 nitrogen and oxygen atoms in total. The first-order valence-corrected chi connectivity index (χ1v) is 6.78. The van der Waals surface area contributed by atoms with Gasteiger partial charge in [-0.3, -0.25) is 9.59 Å². The van der Waals surface area contributed by atoms with Gasteiger partial charge >= 0.3 is 0 Å². The number of benzene rings is 1. The maximum Gasteiger partial charge on any atom is 0.251 e. The first-order valence-electron chi connectivity index (χ1n) is 5.90. The molecule has 4 N–H and O–H groups in total. The van der Waals surface area contributed by atoms with Crippen LogP contribution in [0.15, 0.2) is 29.6 Å². The molecule has 7 heteroatoms. The lowest BCUT2D eigenvalue weighted by atomic mass is 10.2. The van der Waals surface area contributed by atoms with E-state index in [1.807, 2.05) is 0 Å². The molecular formula is C13H14N4O2S. The Bertz CT molecular complexity index is 622. The quantitative estimate of drug-likeness (QED) is 0.789. The fourth-order valence-corrected chi connectivity index (χ4v) is 2.19. The smallest absolute Gasteiger partial charge is 0.251 e. The molecule has 0 unspecified atom stereocenters. The molecule has 0 bridgehead atoms. The molecule has 0 atom stereocenters. The summed E-state index contributed by atoms with van der Waals surface area (Å²) >= 11 is 1.30. The van der Waals surface area contributed by atoms with E-state index in [9.17, 15) is 9.59 Å². The van der Waals surface area contributed by atoms with E-state index in [2.05, 4.69) is 15.6 Å². The van der Waals surface area contributed by atoms with E-state index >= 15 is 0 Å². The minimum atomic E-state index is -0.178. The Hall–Kier alpha value is -2.41. The zero-order chi connectivity index (χ0) is 14.5. The summed E-state index contributed by atoms with van der Waals surface area (Å²) in [7, 11) is 1.57. The van der Waals surface area contributed by atoms with Gasteiger partial charge < -0.3 is 16.4 Å². The predicted molar refractivity (Wildman–Crippen MR) is 78.7 cm³/mol. The number of anilines is 2. The molecule has 2 rings (SSSR count). The maximum absolute atomic E-state index is 11.8. The fraction of sp³-hybridized carbons (Fsp3) is 0.154. The van der Waals surface area contributed by atoms with Gasteiger partial charge in [-0.1, -0.05) is 0 Å². The van der Waals surface area contributed by atoms with Crippen LogP contribution in [0.4, 0.5) is 10.8 Å². The molecule has 1 heterocycles. The molecule has 0 saturated heterocycles. The van der Waals surface area contributed by atoms with Crippen LogP contribution in [0.2, 0.25) is 0 Å². The zero-order valence-corrected chi connectivity index (χ0v) is 11.7. The summed E-state index contributed by atoms with van der Waals surface area (Å²) in [6.45, 7) is 0. The van der Waals surface area contributed by atoms with E-state index in [-0.39, 0.29) is 18.2 Å². The first-order chi connectivity index (χ1) is 9.58. The third-order valence-corrected chi connectivity index (χ3v) is 3.29. The number of carbonyl (C=O) groups is 2. The van der Waals surface area contributed by atoms with Crippen molar-refractivity contribution in [2.75, 3.05) is 18.1 Å². The Morgan fingerprint density at radius 3 is 2.55 bits per heavy atom. The fourth-order valence-electron chi connectivity index (χ4n) is 1.62. The van der Waals surface area contributed by atoms with Crippen LogP contribution in [0.3, 0.4) is 0 Å². The number of nitrogens with one attached hydrogen (secondary N) is 2. The van der Waals surface area contributed by atoms with E-state index in [0.717, 1.165) is 0 Å². The van der Waals surface area contributed by atoms with Gasteiger partial charge in [0.15, 0.2) is 5.13 Å². The number of aromatic nitrogens is 1. The largest absolute Gasteiger partial charge is 0.375 e. The van der Waals surface area contributed by atoms with Crippen molar-refractivity contribution in [2.24, 2.45) is 0 Å². The molecule has 0 aliphatic rings. The summed E-state index contributed by atoms with van der Waals surface area (Å²) in [5, 5.41) is 7.47. The summed E-state index contributed by atoms with van der Waals surface area (Å²) in [6, 6.07) is 6.65. The molecule has 2 amide bonds. The van der Waals surface area contributed by atoms with Crippen molar-refractivity contribution < 1.29 is 9.59 Å². The van der Waals surface area contributed by atoms with Crippen LogP contribution in [0.1, 0.15) is 16.1 Å². The van der Waals surface area contributed by atoms with Gasteiger partial charge in [0.05, 0.1) is 12.1 Å². The monoisotopic (exact) mass is 290 g/mol. The number of nitrogens with two attached hydrogens (primary N) is 1. The molecule has 0 radical (unpaired) electrons. The molecule has 0 saturated carbocycles. The molecule has 1 aromatic carbocycles. The van der Waals surface area contributed by atoms with Crippen molar-refractivity contribution in [1.82, 2.24) is 10.3 Å². The number of hydrogen-bond acceptors (Lipinski definition) is 5. The first kappa shape index (κ1) is 14.0. The second kappa shape index (κ2) is 6.16. The van der Waals surface area contributed by atoms with Crippen molar-refractivity contribution in [2.45, 2.75) is 6.42 Å². The highest BCUT2D eigenvalue weighted by Gasteiger charge is 2.08. The van der Waals surface area contributed by atoms with Crippen LogP contribution >= 0.6 is 11.3 Å². The molecule has 0 aliphatic heterocycles. The maximum atomic E-state index is 11.8. The second-order valence-electron chi connectivity index (χ2n) is 4.06. The van der Waals surface area contributed by atoms with Crippen LogP contribution in [0.25, 0.3) is 0 Å². The molecule has 0 spiro atoms. The van der Waals surface area contributed by atoms with Gasteiger partial charge in [-0.2, -0.15) is 0 Å². The topological polar surface area (TPSA) is 97.1 Å². The Labute approximate surface area is 120 Å². The summed E-state index contributed by atoms with van der Waals surface area (Å²) in [5.74, 6) is -0.344. The zero-order valence-electron chi connectivity index (χ0n) is 10.8. The minimum Gasteiger partial charge on any atom is -0.375 e. The number of carbonyl (C=O) groups excluding carboxylic acids is 2. The van der Waals surface area contributed by atoms with E-state index in [0.29, 0.717) is 22.1 Å². The van der Waals surface area contributed by atoms with Crippen molar-refractivity contribution in [3.8, 4) is 0 Å². The van der Waals surface area contributed by atoms with Gasteiger partial charge in [0, 0.05) is 23.7 Å². The number of thiazole rings is 1. The lowest BCUT2D eigenvalue weighted by Crippen LogP contribution is -2.18. The highest BCUT2D eigenvalue weighted by atomic mass is 32.1. The van der Waals surface area contributed by atoms with E-state index in [1.165, 1.54) is 11.3 Å². The third-order valence-electron chi connectivity index (χ3n) is 2.57. The van der Waals surface area contributed by atoms with Gasteiger partial charge in [0.2, 0.25) is 5.91 Å². The number of rotatable bonds is 4. The summed E-state index contributed by atoms with van der Waals surface area (Å²) in [6.07, 6.45) is 0.172. The lowest BCUT2D eigenvalue weighted by molar-refractivity contribution is -0.115. The van der Waals surface area contributed by atoms with Gasteiger partial charge in [-0.05, 0) is 24.3 Å². The average molecular weight is 290 g/mol. The normalized spacial score (nSPS) is 10.1. The Kier molecular flexibility index (Phi) is 4.31. The van der Waals surface area contributed by atoms with E-state index < -0.39 is 0 Å². The lowest BCUT2D eigenvalue weighted by Gasteiger charge is -2.05. The molecule has 0 aliphatic carbocycles. The number of nitrogens with zero attached hydrogens (tertiary/aromatic N) is 1. The van der Waals surface area contributed by atoms with Crippen molar-refractivity contribution >= 4 is 34.0 Å². The predicted octanol–water partition coefficient (Wildman–Crippen LogP) is 1.27. The minimum absolute atomic E-state index is 0.166. The number of amides is 2. The van der Waals surface area contributed by atoms with Crippen molar-refractivity contribution in [3.63, 3.8) is 0 Å². The van der Waals surface area contributed by atoms with Crippen molar-refractivity contribution in [1.29, 1.82) is 0 Å². The summed E-state index contributed by atoms with van der Waals surface area (Å²) in [4.78, 5) is 27.2. The summed E-state index contributed by atoms with van der Waals surface area (Å²) in [5.41, 5.74) is 7.32. The molecule has 1 aromatic heterocycles. The Balaban J connectivity index is 1.96. The van der Waals surface area contributed by atoms with Crippen LogP contribution in [-0.2, 0) is 11.2 Å². The highest BCUT2D eigenvalue weighted by molar-refractivity contribution is 7.13. The number of nitrogen functional groups attached to an aromatic ring is 1.